The predicted molar refractivity (Wildman–Crippen MR) is 124 cm³/mol. The molecule has 3 N–H and O–H groups in total. The maximum atomic E-state index is 11.8. The minimum Gasteiger partial charge on any atom is -0.394 e. The minimum absolute atomic E-state index is 0.108. The molecule has 4 heteroatoms. The first-order chi connectivity index (χ1) is 14.2. The molecule has 0 heterocycles. The third-order valence-electron chi connectivity index (χ3n) is 4.85. The van der Waals surface area contributed by atoms with Crippen LogP contribution < -0.4 is 5.32 Å². The molecule has 0 aromatic heterocycles. The van der Waals surface area contributed by atoms with Gasteiger partial charge in [0, 0.05) is 6.42 Å². The van der Waals surface area contributed by atoms with Gasteiger partial charge < -0.3 is 15.5 Å². The molecule has 0 saturated carbocycles. The topological polar surface area (TPSA) is 69.6 Å². The van der Waals surface area contributed by atoms with Crippen molar-refractivity contribution >= 4 is 5.91 Å². The number of nitrogens with one attached hydrogen (secondary N) is 1. The third kappa shape index (κ3) is 18.4. The van der Waals surface area contributed by atoms with Gasteiger partial charge in [-0.15, -0.1) is 0 Å². The number of amides is 1. The van der Waals surface area contributed by atoms with Crippen molar-refractivity contribution in [1.82, 2.24) is 5.32 Å². The second-order valence-electron chi connectivity index (χ2n) is 7.68. The fraction of sp³-hybridized carbons (Fsp3) is 0.720. The molecular formula is C25H45NO3. The van der Waals surface area contributed by atoms with Crippen molar-refractivity contribution in [3.8, 4) is 0 Å². The first kappa shape index (κ1) is 27.6. The van der Waals surface area contributed by atoms with Crippen LogP contribution in [-0.4, -0.2) is 34.9 Å². The van der Waals surface area contributed by atoms with Crippen molar-refractivity contribution in [2.45, 2.75) is 109 Å². The van der Waals surface area contributed by atoms with Crippen LogP contribution in [0, 0.1) is 0 Å². The molecule has 0 radical (unpaired) electrons. The molecule has 0 bridgehead atoms. The largest absolute Gasteiger partial charge is 0.394 e. The molecular weight excluding hydrogens is 362 g/mol. The quantitative estimate of drug-likeness (QED) is 0.193. The molecule has 0 aliphatic carbocycles. The predicted octanol–water partition coefficient (Wildman–Crippen LogP) is 5.60. The van der Waals surface area contributed by atoms with Crippen molar-refractivity contribution in [2.24, 2.45) is 0 Å². The highest BCUT2D eigenvalue weighted by atomic mass is 16.3. The number of aliphatic hydroxyl groups is 2. The lowest BCUT2D eigenvalue weighted by Crippen LogP contribution is -2.45. The van der Waals surface area contributed by atoms with E-state index in [9.17, 15) is 15.0 Å². The third-order valence-corrected chi connectivity index (χ3v) is 4.85. The SMILES string of the molecule is CCCCCC/C=C/CC/C=C/CC/C=C/C(O)C(CO)NC(=O)CCCCC. The lowest BCUT2D eigenvalue weighted by molar-refractivity contribution is -0.123. The number of carbonyl (C=O) groups is 1. The van der Waals surface area contributed by atoms with Crippen molar-refractivity contribution in [3.05, 3.63) is 36.5 Å². The summed E-state index contributed by atoms with van der Waals surface area (Å²) < 4.78 is 0. The van der Waals surface area contributed by atoms with E-state index >= 15 is 0 Å². The zero-order chi connectivity index (χ0) is 21.6. The zero-order valence-corrected chi connectivity index (χ0v) is 18.8. The molecule has 0 aromatic rings. The highest BCUT2D eigenvalue weighted by molar-refractivity contribution is 5.76. The smallest absolute Gasteiger partial charge is 0.220 e. The number of hydrogen-bond donors (Lipinski definition) is 3. The summed E-state index contributed by atoms with van der Waals surface area (Å²) in [6, 6.07) is -0.635. The van der Waals surface area contributed by atoms with Gasteiger partial charge in [-0.3, -0.25) is 4.79 Å². The summed E-state index contributed by atoms with van der Waals surface area (Å²) in [5, 5.41) is 22.3. The van der Waals surface area contributed by atoms with Crippen LogP contribution in [0.4, 0.5) is 0 Å². The Balaban J connectivity index is 3.83. The van der Waals surface area contributed by atoms with Gasteiger partial charge in [-0.2, -0.15) is 0 Å². The van der Waals surface area contributed by atoms with Crippen LogP contribution in [0.1, 0.15) is 97.3 Å². The number of rotatable bonds is 19. The fourth-order valence-corrected chi connectivity index (χ4v) is 2.97. The Morgan fingerprint density at radius 2 is 1.34 bits per heavy atom. The van der Waals surface area contributed by atoms with Gasteiger partial charge in [-0.05, 0) is 44.9 Å². The molecule has 0 saturated heterocycles. The van der Waals surface area contributed by atoms with E-state index in [2.05, 4.69) is 43.5 Å². The fourth-order valence-electron chi connectivity index (χ4n) is 2.97. The minimum atomic E-state index is -0.860. The maximum Gasteiger partial charge on any atom is 0.220 e. The summed E-state index contributed by atoms with van der Waals surface area (Å²) >= 11 is 0. The number of allylic oxidation sites excluding steroid dienone is 5. The Labute approximate surface area is 179 Å². The van der Waals surface area contributed by atoms with Crippen LogP contribution in [0.5, 0.6) is 0 Å². The van der Waals surface area contributed by atoms with Gasteiger partial charge in [0.1, 0.15) is 0 Å². The Hall–Kier alpha value is -1.39. The molecule has 168 valence electrons. The van der Waals surface area contributed by atoms with Gasteiger partial charge >= 0.3 is 0 Å². The van der Waals surface area contributed by atoms with Crippen LogP contribution in [0.2, 0.25) is 0 Å². The van der Waals surface area contributed by atoms with Gasteiger partial charge in [0.05, 0.1) is 18.8 Å². The van der Waals surface area contributed by atoms with Crippen molar-refractivity contribution in [3.63, 3.8) is 0 Å². The number of hydrogen-bond acceptors (Lipinski definition) is 3. The molecule has 0 fully saturated rings. The average molecular weight is 408 g/mol. The Morgan fingerprint density at radius 1 is 0.793 bits per heavy atom. The van der Waals surface area contributed by atoms with Crippen LogP contribution in [-0.2, 0) is 4.79 Å². The van der Waals surface area contributed by atoms with E-state index < -0.39 is 12.1 Å². The summed E-state index contributed by atoms with van der Waals surface area (Å²) in [6.07, 6.45) is 25.4. The highest BCUT2D eigenvalue weighted by Gasteiger charge is 2.17. The molecule has 2 unspecified atom stereocenters. The zero-order valence-electron chi connectivity index (χ0n) is 18.8. The van der Waals surface area contributed by atoms with E-state index in [1.807, 2.05) is 6.08 Å². The van der Waals surface area contributed by atoms with Crippen molar-refractivity contribution in [1.29, 1.82) is 0 Å². The first-order valence-electron chi connectivity index (χ1n) is 11.7. The van der Waals surface area contributed by atoms with E-state index in [0.29, 0.717) is 6.42 Å². The first-order valence-corrected chi connectivity index (χ1v) is 11.7. The lowest BCUT2D eigenvalue weighted by atomic mass is 10.1. The van der Waals surface area contributed by atoms with E-state index in [1.165, 1.54) is 32.1 Å². The van der Waals surface area contributed by atoms with Gasteiger partial charge in [0.25, 0.3) is 0 Å². The van der Waals surface area contributed by atoms with Gasteiger partial charge in [0.2, 0.25) is 5.91 Å². The molecule has 29 heavy (non-hydrogen) atoms. The molecule has 0 aliphatic heterocycles. The molecule has 0 rings (SSSR count). The van der Waals surface area contributed by atoms with Crippen molar-refractivity contribution in [2.75, 3.05) is 6.61 Å². The standard InChI is InChI=1S/C25H45NO3/c1-3-5-7-8-9-10-11-12-13-14-15-16-17-19-20-24(28)23(22-27)26-25(29)21-18-6-4-2/h10-11,14-15,19-20,23-24,27-28H,3-9,12-13,16-18,21-22H2,1-2H3,(H,26,29)/b11-10+,15-14+,20-19+. The Morgan fingerprint density at radius 3 is 1.93 bits per heavy atom. The molecule has 2 atom stereocenters. The highest BCUT2D eigenvalue weighted by Crippen LogP contribution is 2.05. The Bertz CT molecular complexity index is 457. The summed E-state index contributed by atoms with van der Waals surface area (Å²) in [7, 11) is 0. The second kappa shape index (κ2) is 21.3. The molecule has 1 amide bonds. The summed E-state index contributed by atoms with van der Waals surface area (Å²) in [5.74, 6) is -0.108. The van der Waals surface area contributed by atoms with Crippen LogP contribution in [0.3, 0.4) is 0 Å². The monoisotopic (exact) mass is 407 g/mol. The van der Waals surface area contributed by atoms with Crippen LogP contribution in [0.25, 0.3) is 0 Å². The van der Waals surface area contributed by atoms with Crippen LogP contribution in [0.15, 0.2) is 36.5 Å². The summed E-state index contributed by atoms with van der Waals surface area (Å²) in [6.45, 7) is 4.06. The maximum absolute atomic E-state index is 11.8. The van der Waals surface area contributed by atoms with Gasteiger partial charge in [-0.25, -0.2) is 0 Å². The second-order valence-corrected chi connectivity index (χ2v) is 7.68. The van der Waals surface area contributed by atoms with Gasteiger partial charge in [-0.1, -0.05) is 82.4 Å². The van der Waals surface area contributed by atoms with Crippen molar-refractivity contribution < 1.29 is 15.0 Å². The van der Waals surface area contributed by atoms with E-state index in [0.717, 1.165) is 44.9 Å². The number of carbonyl (C=O) groups excluding carboxylic acids is 1. The van der Waals surface area contributed by atoms with E-state index in [4.69, 9.17) is 0 Å². The van der Waals surface area contributed by atoms with E-state index in [-0.39, 0.29) is 12.5 Å². The molecule has 0 spiro atoms. The normalized spacial score (nSPS) is 14.2. The summed E-state index contributed by atoms with van der Waals surface area (Å²) in [4.78, 5) is 11.8. The Kier molecular flexibility index (Phi) is 20.3. The van der Waals surface area contributed by atoms with Crippen LogP contribution >= 0.6 is 0 Å². The number of aliphatic hydroxyl groups excluding tert-OH is 2. The summed E-state index contributed by atoms with van der Waals surface area (Å²) in [5.41, 5.74) is 0. The average Bonchev–Trinajstić information content (AvgIpc) is 2.72. The molecule has 0 aliphatic rings. The van der Waals surface area contributed by atoms with E-state index in [1.54, 1.807) is 6.08 Å². The van der Waals surface area contributed by atoms with Gasteiger partial charge in [0.15, 0.2) is 0 Å². The molecule has 0 aromatic carbocycles. The number of unbranched alkanes of at least 4 members (excludes halogenated alkanes) is 8. The molecule has 4 nitrogen and oxygen atoms in total. The lowest BCUT2D eigenvalue weighted by Gasteiger charge is -2.19.